The third kappa shape index (κ3) is 4.26. The fourth-order valence-electron chi connectivity index (χ4n) is 1.66. The van der Waals surface area contributed by atoms with Gasteiger partial charge in [-0.05, 0) is 19.1 Å². The lowest BCUT2D eigenvalue weighted by Gasteiger charge is -2.26. The fraction of sp³-hybridized carbons (Fsp3) is 0.500. The zero-order chi connectivity index (χ0) is 16.0. The number of nitrogens with one attached hydrogen (secondary N) is 1. The molecule has 0 saturated carbocycles. The molecule has 0 aliphatic carbocycles. The second-order valence-corrected chi connectivity index (χ2v) is 5.82. The van der Waals surface area contributed by atoms with Gasteiger partial charge in [0.25, 0.3) is 5.91 Å². The summed E-state index contributed by atoms with van der Waals surface area (Å²) < 4.78 is 15.7. The number of hydrogen-bond acceptors (Lipinski definition) is 4. The molecule has 1 aromatic rings. The van der Waals surface area contributed by atoms with Crippen LogP contribution in [0.3, 0.4) is 0 Å². The number of amides is 1. The number of carbonyl (C=O) groups is 1. The van der Waals surface area contributed by atoms with Gasteiger partial charge in [-0.2, -0.15) is 0 Å². The van der Waals surface area contributed by atoms with Crippen molar-refractivity contribution >= 4 is 37.8 Å². The first-order chi connectivity index (χ1) is 9.94. The normalized spacial score (nSPS) is 11.0. The molecule has 0 saturated heterocycles. The number of halogens is 2. The van der Waals surface area contributed by atoms with Crippen molar-refractivity contribution in [1.29, 1.82) is 0 Å². The minimum absolute atomic E-state index is 0.212. The van der Waals surface area contributed by atoms with Crippen LogP contribution in [-0.4, -0.2) is 43.4 Å². The van der Waals surface area contributed by atoms with Crippen LogP contribution in [0, 0.1) is 0 Å². The van der Waals surface area contributed by atoms with Crippen LogP contribution in [0.15, 0.2) is 12.1 Å². The van der Waals surface area contributed by atoms with Gasteiger partial charge in [-0.25, -0.2) is 0 Å². The molecule has 0 fully saturated rings. The molecular weight excluding hydrogens is 406 g/mol. The van der Waals surface area contributed by atoms with Gasteiger partial charge in [0, 0.05) is 16.2 Å². The van der Waals surface area contributed by atoms with Gasteiger partial charge in [-0.3, -0.25) is 4.79 Å². The second-order valence-electron chi connectivity index (χ2n) is 4.70. The lowest BCUT2D eigenvalue weighted by Crippen LogP contribution is -2.48. The van der Waals surface area contributed by atoms with E-state index in [9.17, 15) is 4.79 Å². The smallest absolute Gasteiger partial charge is 0.252 e. The van der Waals surface area contributed by atoms with Crippen LogP contribution in [0.4, 0.5) is 0 Å². The molecule has 0 unspecified atom stereocenters. The van der Waals surface area contributed by atoms with Crippen LogP contribution >= 0.6 is 31.9 Å². The highest BCUT2D eigenvalue weighted by molar-refractivity contribution is 9.09. The van der Waals surface area contributed by atoms with Gasteiger partial charge in [0.15, 0.2) is 11.5 Å². The molecule has 1 N–H and O–H groups in total. The molecule has 0 aliphatic heterocycles. The zero-order valence-corrected chi connectivity index (χ0v) is 15.6. The van der Waals surface area contributed by atoms with E-state index in [0.717, 1.165) is 0 Å². The number of rotatable bonds is 7. The summed E-state index contributed by atoms with van der Waals surface area (Å²) in [6.45, 7) is 1.94. The van der Waals surface area contributed by atoms with E-state index < -0.39 is 5.54 Å². The minimum atomic E-state index is -0.391. The standard InChI is InChI=1S/C14H19Br2NO4/c1-14(7-15,8-16)17-13(18)9-5-10(19-2)12(21-4)11(6-9)20-3/h5-6H,7-8H2,1-4H3,(H,17,18). The molecule has 0 aliphatic rings. The van der Waals surface area contributed by atoms with Crippen molar-refractivity contribution in [1.82, 2.24) is 5.32 Å². The summed E-state index contributed by atoms with van der Waals surface area (Å²) in [5, 5.41) is 4.22. The fourth-order valence-corrected chi connectivity index (χ4v) is 2.87. The van der Waals surface area contributed by atoms with Crippen molar-refractivity contribution in [2.24, 2.45) is 0 Å². The summed E-state index contributed by atoms with van der Waals surface area (Å²) in [5.41, 5.74) is 0.0509. The molecular formula is C14H19Br2NO4. The first-order valence-electron chi connectivity index (χ1n) is 6.19. The number of carbonyl (C=O) groups excluding carboxylic acids is 1. The minimum Gasteiger partial charge on any atom is -0.493 e. The Morgan fingerprint density at radius 1 is 1.10 bits per heavy atom. The zero-order valence-electron chi connectivity index (χ0n) is 12.5. The highest BCUT2D eigenvalue weighted by Crippen LogP contribution is 2.38. The number of methoxy groups -OCH3 is 3. The predicted octanol–water partition coefficient (Wildman–Crippen LogP) is 2.99. The van der Waals surface area contributed by atoms with E-state index in [-0.39, 0.29) is 5.91 Å². The largest absolute Gasteiger partial charge is 0.493 e. The monoisotopic (exact) mass is 423 g/mol. The lowest BCUT2D eigenvalue weighted by molar-refractivity contribution is 0.0922. The SMILES string of the molecule is COc1cc(C(=O)NC(C)(CBr)CBr)cc(OC)c1OC. The van der Waals surface area contributed by atoms with Gasteiger partial charge in [0.05, 0.1) is 26.9 Å². The van der Waals surface area contributed by atoms with Crippen molar-refractivity contribution < 1.29 is 19.0 Å². The molecule has 0 spiro atoms. The molecule has 118 valence electrons. The van der Waals surface area contributed by atoms with Crippen molar-refractivity contribution in [3.8, 4) is 17.2 Å². The molecule has 0 bridgehead atoms. The molecule has 0 heterocycles. The number of alkyl halides is 2. The number of hydrogen-bond donors (Lipinski definition) is 1. The van der Waals surface area contributed by atoms with Gasteiger partial charge in [0.1, 0.15) is 0 Å². The Morgan fingerprint density at radius 3 is 1.90 bits per heavy atom. The van der Waals surface area contributed by atoms with Gasteiger partial charge >= 0.3 is 0 Å². The third-order valence-electron chi connectivity index (χ3n) is 2.93. The van der Waals surface area contributed by atoms with Crippen LogP contribution in [-0.2, 0) is 0 Å². The van der Waals surface area contributed by atoms with Gasteiger partial charge in [-0.15, -0.1) is 0 Å². The van der Waals surface area contributed by atoms with Crippen LogP contribution in [0.25, 0.3) is 0 Å². The van der Waals surface area contributed by atoms with Crippen LogP contribution in [0.2, 0.25) is 0 Å². The average Bonchev–Trinajstić information content (AvgIpc) is 2.52. The summed E-state index contributed by atoms with van der Waals surface area (Å²) >= 11 is 6.80. The quantitative estimate of drug-likeness (QED) is 0.683. The maximum atomic E-state index is 12.4. The highest BCUT2D eigenvalue weighted by atomic mass is 79.9. The van der Waals surface area contributed by atoms with Gasteiger partial charge in [0.2, 0.25) is 5.75 Å². The number of benzene rings is 1. The Hall–Kier alpha value is -0.950. The van der Waals surface area contributed by atoms with Crippen molar-refractivity contribution in [2.75, 3.05) is 32.0 Å². The molecule has 5 nitrogen and oxygen atoms in total. The first-order valence-corrected chi connectivity index (χ1v) is 8.43. The van der Waals surface area contributed by atoms with E-state index in [1.54, 1.807) is 12.1 Å². The van der Waals surface area contributed by atoms with Crippen molar-refractivity contribution in [2.45, 2.75) is 12.5 Å². The second kappa shape index (κ2) is 7.89. The Morgan fingerprint density at radius 2 is 1.57 bits per heavy atom. The molecule has 0 aromatic heterocycles. The van der Waals surface area contributed by atoms with Crippen LogP contribution in [0.5, 0.6) is 17.2 Å². The maximum absolute atomic E-state index is 12.4. The van der Waals surface area contributed by atoms with E-state index >= 15 is 0 Å². The summed E-state index contributed by atoms with van der Waals surface area (Å²) in [4.78, 5) is 12.4. The third-order valence-corrected chi connectivity index (χ3v) is 5.41. The highest BCUT2D eigenvalue weighted by Gasteiger charge is 2.25. The Labute approximate surface area is 141 Å². The molecule has 21 heavy (non-hydrogen) atoms. The lowest BCUT2D eigenvalue weighted by atomic mass is 10.1. The molecule has 1 amide bonds. The van der Waals surface area contributed by atoms with Gasteiger partial charge < -0.3 is 19.5 Å². The molecule has 7 heteroatoms. The average molecular weight is 425 g/mol. The summed E-state index contributed by atoms with van der Waals surface area (Å²) in [6, 6.07) is 3.25. The summed E-state index contributed by atoms with van der Waals surface area (Å²) in [5.74, 6) is 1.14. The van der Waals surface area contributed by atoms with Crippen molar-refractivity contribution in [3.63, 3.8) is 0 Å². The molecule has 1 rings (SSSR count). The predicted molar refractivity (Wildman–Crippen MR) is 89.6 cm³/mol. The van der Waals surface area contributed by atoms with E-state index in [0.29, 0.717) is 33.5 Å². The van der Waals surface area contributed by atoms with Crippen LogP contribution in [0.1, 0.15) is 17.3 Å². The van der Waals surface area contributed by atoms with E-state index in [1.807, 2.05) is 6.92 Å². The maximum Gasteiger partial charge on any atom is 0.252 e. The van der Waals surface area contributed by atoms with E-state index in [4.69, 9.17) is 14.2 Å². The topological polar surface area (TPSA) is 56.8 Å². The number of ether oxygens (including phenoxy) is 3. The van der Waals surface area contributed by atoms with E-state index in [1.165, 1.54) is 21.3 Å². The molecule has 1 aromatic carbocycles. The van der Waals surface area contributed by atoms with Crippen LogP contribution < -0.4 is 19.5 Å². The Balaban J connectivity index is 3.16. The molecule has 0 radical (unpaired) electrons. The Bertz CT molecular complexity index is 479. The molecule has 0 atom stereocenters. The van der Waals surface area contributed by atoms with Gasteiger partial charge in [-0.1, -0.05) is 31.9 Å². The van der Waals surface area contributed by atoms with Crippen molar-refractivity contribution in [3.05, 3.63) is 17.7 Å². The Kier molecular flexibility index (Phi) is 6.80. The van der Waals surface area contributed by atoms with E-state index in [2.05, 4.69) is 37.2 Å². The first kappa shape index (κ1) is 18.1. The summed E-state index contributed by atoms with van der Waals surface area (Å²) in [6.07, 6.45) is 0. The summed E-state index contributed by atoms with van der Waals surface area (Å²) in [7, 11) is 4.55.